The minimum atomic E-state index is -0.246. The van der Waals surface area contributed by atoms with E-state index in [9.17, 15) is 4.79 Å². The smallest absolute Gasteiger partial charge is 0.270 e. The third kappa shape index (κ3) is 3.02. The second kappa shape index (κ2) is 5.74. The third-order valence-corrected chi connectivity index (χ3v) is 2.36. The van der Waals surface area contributed by atoms with Crippen LogP contribution in [0.4, 0.5) is 5.69 Å². The van der Waals surface area contributed by atoms with E-state index in [4.69, 9.17) is 5.84 Å². The molecule has 0 saturated carbocycles. The minimum Gasteiger partial charge on any atom is -0.347 e. The number of hydrogen-bond acceptors (Lipinski definition) is 5. The lowest BCUT2D eigenvalue weighted by atomic mass is 10.2. The van der Waals surface area contributed by atoms with E-state index >= 15 is 0 Å². The van der Waals surface area contributed by atoms with Gasteiger partial charge in [-0.05, 0) is 29.8 Å². The van der Waals surface area contributed by atoms with Crippen LogP contribution in [0.2, 0.25) is 0 Å². The molecule has 6 heteroatoms. The Bertz CT molecular complexity index is 529. The molecule has 2 heterocycles. The zero-order chi connectivity index (χ0) is 12.8. The van der Waals surface area contributed by atoms with Crippen LogP contribution in [0.5, 0.6) is 0 Å². The van der Waals surface area contributed by atoms with E-state index in [1.807, 2.05) is 12.1 Å². The Labute approximate surface area is 104 Å². The van der Waals surface area contributed by atoms with Gasteiger partial charge < -0.3 is 10.7 Å². The molecule has 2 aromatic heterocycles. The third-order valence-electron chi connectivity index (χ3n) is 2.36. The van der Waals surface area contributed by atoms with Crippen LogP contribution in [-0.2, 0) is 6.54 Å². The minimum absolute atomic E-state index is 0.246. The largest absolute Gasteiger partial charge is 0.347 e. The number of nitrogens with two attached hydrogens (primary N) is 1. The normalized spacial score (nSPS) is 9.83. The van der Waals surface area contributed by atoms with Gasteiger partial charge in [0, 0.05) is 25.1 Å². The molecule has 0 aliphatic rings. The van der Waals surface area contributed by atoms with E-state index in [1.165, 1.54) is 6.20 Å². The highest BCUT2D eigenvalue weighted by molar-refractivity contribution is 5.93. The number of nitrogens with zero attached hydrogens (tertiary/aromatic N) is 2. The van der Waals surface area contributed by atoms with Gasteiger partial charge in [-0.1, -0.05) is 0 Å². The average Bonchev–Trinajstić information content (AvgIpc) is 2.46. The Morgan fingerprint density at radius 1 is 1.22 bits per heavy atom. The number of nitrogen functional groups attached to an aromatic ring is 1. The first-order valence-corrected chi connectivity index (χ1v) is 5.39. The summed E-state index contributed by atoms with van der Waals surface area (Å²) in [7, 11) is 0. The number of hydrazine groups is 1. The fourth-order valence-electron chi connectivity index (χ4n) is 1.42. The highest BCUT2D eigenvalue weighted by Gasteiger charge is 2.07. The predicted molar refractivity (Wildman–Crippen MR) is 67.5 cm³/mol. The topological polar surface area (TPSA) is 92.9 Å². The number of carbonyl (C=O) groups is 1. The van der Waals surface area contributed by atoms with Gasteiger partial charge in [-0.25, -0.2) is 0 Å². The highest BCUT2D eigenvalue weighted by atomic mass is 16.1. The molecule has 0 aromatic carbocycles. The van der Waals surface area contributed by atoms with Crippen molar-refractivity contribution in [2.45, 2.75) is 6.54 Å². The maximum absolute atomic E-state index is 11.8. The first-order chi connectivity index (χ1) is 8.79. The zero-order valence-electron chi connectivity index (χ0n) is 9.63. The number of nitrogens with one attached hydrogen (secondary N) is 2. The van der Waals surface area contributed by atoms with E-state index < -0.39 is 0 Å². The Kier molecular flexibility index (Phi) is 3.83. The summed E-state index contributed by atoms with van der Waals surface area (Å²) in [6, 6.07) is 6.94. The standard InChI is InChI=1S/C12H13N5O/c13-17-10-3-6-15-11(7-10)12(18)16-8-9-1-4-14-5-2-9/h1-7H,8,13H2,(H,15,17)(H,16,18). The van der Waals surface area contributed by atoms with Crippen molar-refractivity contribution in [3.63, 3.8) is 0 Å². The van der Waals surface area contributed by atoms with E-state index in [0.717, 1.165) is 5.56 Å². The Balaban J connectivity index is 1.99. The van der Waals surface area contributed by atoms with Crippen molar-refractivity contribution in [2.75, 3.05) is 5.43 Å². The molecular weight excluding hydrogens is 230 g/mol. The lowest BCUT2D eigenvalue weighted by molar-refractivity contribution is 0.0946. The predicted octanol–water partition coefficient (Wildman–Crippen LogP) is 0.692. The van der Waals surface area contributed by atoms with Crippen LogP contribution in [-0.4, -0.2) is 15.9 Å². The van der Waals surface area contributed by atoms with Gasteiger partial charge in [-0.2, -0.15) is 0 Å². The van der Waals surface area contributed by atoms with Crippen LogP contribution in [0.15, 0.2) is 42.9 Å². The van der Waals surface area contributed by atoms with Gasteiger partial charge in [0.15, 0.2) is 0 Å². The fraction of sp³-hybridized carbons (Fsp3) is 0.0833. The molecule has 0 aliphatic carbocycles. The van der Waals surface area contributed by atoms with Gasteiger partial charge in [0.1, 0.15) is 5.69 Å². The fourth-order valence-corrected chi connectivity index (χ4v) is 1.42. The van der Waals surface area contributed by atoms with Crippen LogP contribution >= 0.6 is 0 Å². The molecule has 2 rings (SSSR count). The highest BCUT2D eigenvalue weighted by Crippen LogP contribution is 2.06. The van der Waals surface area contributed by atoms with E-state index in [0.29, 0.717) is 17.9 Å². The summed E-state index contributed by atoms with van der Waals surface area (Å²) in [4.78, 5) is 19.7. The molecule has 0 spiro atoms. The Hall–Kier alpha value is -2.47. The molecule has 0 fully saturated rings. The van der Waals surface area contributed by atoms with Crippen LogP contribution in [0, 0.1) is 0 Å². The number of carbonyl (C=O) groups excluding carboxylic acids is 1. The monoisotopic (exact) mass is 243 g/mol. The molecule has 4 N–H and O–H groups in total. The lowest BCUT2D eigenvalue weighted by Gasteiger charge is -2.05. The molecule has 6 nitrogen and oxygen atoms in total. The van der Waals surface area contributed by atoms with Crippen molar-refractivity contribution in [3.8, 4) is 0 Å². The molecule has 92 valence electrons. The van der Waals surface area contributed by atoms with Gasteiger partial charge in [-0.15, -0.1) is 0 Å². The summed E-state index contributed by atoms with van der Waals surface area (Å²) in [5.74, 6) is 5.02. The second-order valence-corrected chi connectivity index (χ2v) is 3.61. The molecule has 0 radical (unpaired) electrons. The molecule has 0 atom stereocenters. The average molecular weight is 243 g/mol. The number of anilines is 1. The first kappa shape index (κ1) is 12.0. The van der Waals surface area contributed by atoms with E-state index in [-0.39, 0.29) is 5.91 Å². The first-order valence-electron chi connectivity index (χ1n) is 5.39. The van der Waals surface area contributed by atoms with Gasteiger partial charge in [0.25, 0.3) is 5.91 Å². The summed E-state index contributed by atoms with van der Waals surface area (Å²) in [6.07, 6.45) is 4.88. The Morgan fingerprint density at radius 3 is 2.72 bits per heavy atom. The van der Waals surface area contributed by atoms with Gasteiger partial charge in [0.05, 0.1) is 5.69 Å². The van der Waals surface area contributed by atoms with Gasteiger partial charge in [-0.3, -0.25) is 20.6 Å². The van der Waals surface area contributed by atoms with Crippen molar-refractivity contribution in [3.05, 3.63) is 54.1 Å². The molecule has 0 unspecified atom stereocenters. The molecule has 2 aromatic rings. The van der Waals surface area contributed by atoms with Crippen LogP contribution < -0.4 is 16.6 Å². The molecule has 1 amide bonds. The van der Waals surface area contributed by atoms with E-state index in [1.54, 1.807) is 24.5 Å². The van der Waals surface area contributed by atoms with Crippen molar-refractivity contribution in [1.29, 1.82) is 0 Å². The molecular formula is C12H13N5O. The number of hydrogen-bond donors (Lipinski definition) is 3. The summed E-state index contributed by atoms with van der Waals surface area (Å²) in [5.41, 5.74) is 4.40. The lowest BCUT2D eigenvalue weighted by Crippen LogP contribution is -2.24. The van der Waals surface area contributed by atoms with Crippen LogP contribution in [0.25, 0.3) is 0 Å². The summed E-state index contributed by atoms with van der Waals surface area (Å²) >= 11 is 0. The number of amides is 1. The number of pyridine rings is 2. The maximum Gasteiger partial charge on any atom is 0.270 e. The second-order valence-electron chi connectivity index (χ2n) is 3.61. The zero-order valence-corrected chi connectivity index (χ0v) is 9.63. The van der Waals surface area contributed by atoms with Crippen molar-refractivity contribution < 1.29 is 4.79 Å². The molecule has 0 saturated heterocycles. The summed E-state index contributed by atoms with van der Waals surface area (Å²) in [5, 5.41) is 2.77. The Morgan fingerprint density at radius 2 is 2.00 bits per heavy atom. The maximum atomic E-state index is 11.8. The van der Waals surface area contributed by atoms with Crippen LogP contribution in [0.3, 0.4) is 0 Å². The quantitative estimate of drug-likeness (QED) is 0.542. The van der Waals surface area contributed by atoms with Gasteiger partial charge >= 0.3 is 0 Å². The molecule has 0 bridgehead atoms. The summed E-state index contributed by atoms with van der Waals surface area (Å²) < 4.78 is 0. The molecule has 18 heavy (non-hydrogen) atoms. The van der Waals surface area contributed by atoms with Crippen molar-refractivity contribution in [2.24, 2.45) is 5.84 Å². The summed E-state index contributed by atoms with van der Waals surface area (Å²) in [6.45, 7) is 0.434. The van der Waals surface area contributed by atoms with E-state index in [2.05, 4.69) is 20.7 Å². The number of aromatic nitrogens is 2. The van der Waals surface area contributed by atoms with Crippen molar-refractivity contribution >= 4 is 11.6 Å². The SMILES string of the molecule is NNc1ccnc(C(=O)NCc2ccncc2)c1. The molecule has 0 aliphatic heterocycles. The van der Waals surface area contributed by atoms with Gasteiger partial charge in [0.2, 0.25) is 0 Å². The van der Waals surface area contributed by atoms with Crippen molar-refractivity contribution in [1.82, 2.24) is 15.3 Å². The number of rotatable bonds is 4. The van der Waals surface area contributed by atoms with Crippen LogP contribution in [0.1, 0.15) is 16.1 Å².